The first-order valence-corrected chi connectivity index (χ1v) is 5.93. The molecule has 98 valence electrons. The lowest BCUT2D eigenvalue weighted by Crippen LogP contribution is -2.52. The van der Waals surface area contributed by atoms with Crippen LogP contribution in [0.25, 0.3) is 0 Å². The van der Waals surface area contributed by atoms with E-state index in [0.717, 1.165) is 12.8 Å². The molecule has 2 unspecified atom stereocenters. The van der Waals surface area contributed by atoms with Crippen molar-refractivity contribution in [2.45, 2.75) is 38.8 Å². The third-order valence-electron chi connectivity index (χ3n) is 2.97. The van der Waals surface area contributed by atoms with Gasteiger partial charge < -0.3 is 20.1 Å². The van der Waals surface area contributed by atoms with Crippen LogP contribution < -0.4 is 5.32 Å². The van der Waals surface area contributed by atoms with Crippen LogP contribution in [0.4, 0.5) is 4.79 Å². The third-order valence-corrected chi connectivity index (χ3v) is 2.97. The number of ether oxygens (including phenoxy) is 1. The highest BCUT2D eigenvalue weighted by molar-refractivity contribution is 5.71. The molecule has 0 radical (unpaired) electrons. The smallest absolute Gasteiger partial charge is 0.407 e. The Hall–Kier alpha value is -1.30. The number of esters is 1. The molecule has 0 aromatic carbocycles. The first kappa shape index (κ1) is 13.8. The summed E-state index contributed by atoms with van der Waals surface area (Å²) in [6.45, 7) is 4.59. The van der Waals surface area contributed by atoms with Crippen molar-refractivity contribution >= 4 is 12.1 Å². The number of amides is 1. The van der Waals surface area contributed by atoms with Crippen LogP contribution in [0, 0.1) is 0 Å². The van der Waals surface area contributed by atoms with E-state index in [1.165, 1.54) is 4.90 Å². The SMILES string of the molecule is CCOC(=O)CNC1CCC(C)N(C(=O)O)C1. The highest BCUT2D eigenvalue weighted by Gasteiger charge is 2.28. The number of nitrogens with one attached hydrogen (secondary N) is 1. The lowest BCUT2D eigenvalue weighted by molar-refractivity contribution is -0.142. The Kier molecular flexibility index (Phi) is 5.21. The zero-order chi connectivity index (χ0) is 12.8. The second-order valence-corrected chi connectivity index (χ2v) is 4.24. The van der Waals surface area contributed by atoms with E-state index >= 15 is 0 Å². The maximum Gasteiger partial charge on any atom is 0.407 e. The minimum atomic E-state index is -0.903. The molecular weight excluding hydrogens is 224 g/mol. The summed E-state index contributed by atoms with van der Waals surface area (Å²) in [5.74, 6) is -0.298. The van der Waals surface area contributed by atoms with Crippen LogP contribution in [0.1, 0.15) is 26.7 Å². The van der Waals surface area contributed by atoms with E-state index in [4.69, 9.17) is 9.84 Å². The number of likely N-dealkylation sites (tertiary alicyclic amines) is 1. The summed E-state index contributed by atoms with van der Waals surface area (Å²) in [4.78, 5) is 23.5. The van der Waals surface area contributed by atoms with E-state index in [9.17, 15) is 9.59 Å². The molecule has 1 aliphatic heterocycles. The fraction of sp³-hybridized carbons (Fsp3) is 0.818. The highest BCUT2D eigenvalue weighted by Crippen LogP contribution is 2.16. The van der Waals surface area contributed by atoms with E-state index in [1.54, 1.807) is 6.92 Å². The molecule has 2 atom stereocenters. The summed E-state index contributed by atoms with van der Waals surface area (Å²) < 4.78 is 4.80. The molecule has 0 spiro atoms. The summed E-state index contributed by atoms with van der Waals surface area (Å²) in [5.41, 5.74) is 0. The minimum Gasteiger partial charge on any atom is -0.465 e. The molecule has 1 fully saturated rings. The van der Waals surface area contributed by atoms with Gasteiger partial charge in [0, 0.05) is 18.6 Å². The van der Waals surface area contributed by atoms with Crippen molar-refractivity contribution in [1.29, 1.82) is 0 Å². The molecule has 0 aliphatic carbocycles. The second-order valence-electron chi connectivity index (χ2n) is 4.24. The van der Waals surface area contributed by atoms with Gasteiger partial charge in [-0.1, -0.05) is 0 Å². The van der Waals surface area contributed by atoms with Crippen LogP contribution in [0.15, 0.2) is 0 Å². The Morgan fingerprint density at radius 3 is 2.76 bits per heavy atom. The molecule has 1 amide bonds. The molecule has 0 aromatic heterocycles. The number of piperidine rings is 1. The lowest BCUT2D eigenvalue weighted by atomic mass is 10.00. The average molecular weight is 244 g/mol. The van der Waals surface area contributed by atoms with Gasteiger partial charge in [0.05, 0.1) is 13.2 Å². The largest absolute Gasteiger partial charge is 0.465 e. The van der Waals surface area contributed by atoms with Crippen LogP contribution in [-0.2, 0) is 9.53 Å². The minimum absolute atomic E-state index is 0.0340. The summed E-state index contributed by atoms with van der Waals surface area (Å²) in [6.07, 6.45) is 0.789. The van der Waals surface area contributed by atoms with Crippen LogP contribution in [0.5, 0.6) is 0 Å². The Labute approximate surface area is 101 Å². The van der Waals surface area contributed by atoms with E-state index in [1.807, 2.05) is 6.92 Å². The van der Waals surface area contributed by atoms with Gasteiger partial charge in [0.15, 0.2) is 0 Å². The zero-order valence-corrected chi connectivity index (χ0v) is 10.3. The van der Waals surface area contributed by atoms with E-state index < -0.39 is 6.09 Å². The maximum absolute atomic E-state index is 11.2. The summed E-state index contributed by atoms with van der Waals surface area (Å²) in [5, 5.41) is 12.0. The Morgan fingerprint density at radius 1 is 1.47 bits per heavy atom. The Bertz CT molecular complexity index is 283. The summed E-state index contributed by atoms with van der Waals surface area (Å²) in [7, 11) is 0. The van der Waals surface area contributed by atoms with Gasteiger partial charge in [-0.25, -0.2) is 4.79 Å². The van der Waals surface area contributed by atoms with Crippen molar-refractivity contribution < 1.29 is 19.4 Å². The van der Waals surface area contributed by atoms with E-state index in [-0.39, 0.29) is 24.6 Å². The molecule has 1 saturated heterocycles. The van der Waals surface area contributed by atoms with Crippen molar-refractivity contribution in [2.24, 2.45) is 0 Å². The standard InChI is InChI=1S/C11H20N2O4/c1-3-17-10(14)6-12-9-5-4-8(2)13(7-9)11(15)16/h8-9,12H,3-7H2,1-2H3,(H,15,16). The van der Waals surface area contributed by atoms with Crippen molar-refractivity contribution in [3.8, 4) is 0 Å². The number of carbonyl (C=O) groups excluding carboxylic acids is 1. The van der Waals surface area contributed by atoms with Gasteiger partial charge >= 0.3 is 12.1 Å². The maximum atomic E-state index is 11.2. The van der Waals surface area contributed by atoms with Crippen LogP contribution >= 0.6 is 0 Å². The molecule has 1 aliphatic rings. The Balaban J connectivity index is 2.35. The van der Waals surface area contributed by atoms with Gasteiger partial charge in [-0.05, 0) is 26.7 Å². The van der Waals surface area contributed by atoms with Gasteiger partial charge in [-0.2, -0.15) is 0 Å². The van der Waals surface area contributed by atoms with Crippen LogP contribution in [0.2, 0.25) is 0 Å². The monoisotopic (exact) mass is 244 g/mol. The molecule has 1 rings (SSSR count). The topological polar surface area (TPSA) is 78.9 Å². The molecule has 0 saturated carbocycles. The molecule has 0 aromatic rings. The number of carbonyl (C=O) groups is 2. The molecule has 17 heavy (non-hydrogen) atoms. The van der Waals surface area contributed by atoms with Crippen molar-refractivity contribution in [3.63, 3.8) is 0 Å². The quantitative estimate of drug-likeness (QED) is 0.711. The fourth-order valence-electron chi connectivity index (χ4n) is 1.98. The first-order chi connectivity index (χ1) is 8.04. The van der Waals surface area contributed by atoms with Gasteiger partial charge in [0.2, 0.25) is 0 Å². The first-order valence-electron chi connectivity index (χ1n) is 5.93. The van der Waals surface area contributed by atoms with E-state index in [2.05, 4.69) is 5.32 Å². The fourth-order valence-corrected chi connectivity index (χ4v) is 1.98. The molecule has 6 nitrogen and oxygen atoms in total. The number of nitrogens with zero attached hydrogens (tertiary/aromatic N) is 1. The molecule has 0 bridgehead atoms. The van der Waals surface area contributed by atoms with Gasteiger partial charge in [0.25, 0.3) is 0 Å². The molecule has 6 heteroatoms. The number of hydrogen-bond donors (Lipinski definition) is 2. The summed E-state index contributed by atoms with van der Waals surface area (Å²) >= 11 is 0. The number of rotatable bonds is 4. The highest BCUT2D eigenvalue weighted by atomic mass is 16.5. The lowest BCUT2D eigenvalue weighted by Gasteiger charge is -2.36. The molecular formula is C11H20N2O4. The van der Waals surface area contributed by atoms with Crippen LogP contribution in [0.3, 0.4) is 0 Å². The Morgan fingerprint density at radius 2 is 2.18 bits per heavy atom. The van der Waals surface area contributed by atoms with Gasteiger partial charge in [-0.15, -0.1) is 0 Å². The average Bonchev–Trinajstić information content (AvgIpc) is 2.28. The zero-order valence-electron chi connectivity index (χ0n) is 10.3. The van der Waals surface area contributed by atoms with Crippen molar-refractivity contribution in [1.82, 2.24) is 10.2 Å². The predicted molar refractivity (Wildman–Crippen MR) is 61.9 cm³/mol. The molecule has 1 heterocycles. The predicted octanol–water partition coefficient (Wildman–Crippen LogP) is 0.670. The van der Waals surface area contributed by atoms with Gasteiger partial charge in [-0.3, -0.25) is 4.79 Å². The third kappa shape index (κ3) is 4.22. The number of carboxylic acid groups (broad SMARTS) is 1. The second kappa shape index (κ2) is 6.44. The number of hydrogen-bond acceptors (Lipinski definition) is 4. The van der Waals surface area contributed by atoms with Crippen molar-refractivity contribution in [3.05, 3.63) is 0 Å². The van der Waals surface area contributed by atoms with Crippen molar-refractivity contribution in [2.75, 3.05) is 19.7 Å². The van der Waals surface area contributed by atoms with Crippen LogP contribution in [-0.4, -0.2) is 53.8 Å². The summed E-state index contributed by atoms with van der Waals surface area (Å²) in [6, 6.07) is 0.0832. The normalized spacial score (nSPS) is 24.5. The molecule has 2 N–H and O–H groups in total. The van der Waals surface area contributed by atoms with Gasteiger partial charge in [0.1, 0.15) is 0 Å². The van der Waals surface area contributed by atoms with E-state index in [0.29, 0.717) is 13.2 Å².